The molecule has 1 unspecified atom stereocenters. The lowest BCUT2D eigenvalue weighted by atomic mass is 9.75. The second-order valence-electron chi connectivity index (χ2n) is 8.37. The van der Waals surface area contributed by atoms with Gasteiger partial charge in [-0.25, -0.2) is 0 Å². The molecular formula is C20H26N4O. The van der Waals surface area contributed by atoms with Gasteiger partial charge >= 0.3 is 0 Å². The molecule has 2 aromatic heterocycles. The van der Waals surface area contributed by atoms with Crippen molar-refractivity contribution in [1.82, 2.24) is 20.1 Å². The highest BCUT2D eigenvalue weighted by Gasteiger charge is 2.36. The summed E-state index contributed by atoms with van der Waals surface area (Å²) in [6.45, 7) is 7.85. The van der Waals surface area contributed by atoms with Crippen LogP contribution in [-0.4, -0.2) is 39.7 Å². The fraction of sp³-hybridized carbons (Fsp3) is 0.550. The minimum absolute atomic E-state index is 0.247. The monoisotopic (exact) mass is 338 g/mol. The zero-order valence-electron chi connectivity index (χ0n) is 15.0. The summed E-state index contributed by atoms with van der Waals surface area (Å²) in [6, 6.07) is 2.12. The van der Waals surface area contributed by atoms with E-state index in [4.69, 9.17) is 0 Å². The van der Waals surface area contributed by atoms with E-state index >= 15 is 0 Å². The molecule has 0 aliphatic carbocycles. The summed E-state index contributed by atoms with van der Waals surface area (Å²) < 4.78 is 0. The van der Waals surface area contributed by atoms with E-state index in [1.807, 2.05) is 6.20 Å². The van der Waals surface area contributed by atoms with Crippen LogP contribution in [0.2, 0.25) is 0 Å². The molecule has 6 rings (SSSR count). The van der Waals surface area contributed by atoms with Crippen molar-refractivity contribution in [1.29, 1.82) is 0 Å². The summed E-state index contributed by atoms with van der Waals surface area (Å²) in [4.78, 5) is 19.5. The Morgan fingerprint density at radius 1 is 1.16 bits per heavy atom. The predicted molar refractivity (Wildman–Crippen MR) is 101 cm³/mol. The van der Waals surface area contributed by atoms with E-state index in [9.17, 15) is 4.79 Å². The van der Waals surface area contributed by atoms with Gasteiger partial charge in [0.15, 0.2) is 5.43 Å². The molecule has 5 heteroatoms. The standard InChI is InChI=1S/C20H26N4O/c1-11(2)7-15-19-18-16(22-23-17(18)9-21-15)8-13(20(19)25)14-10-24-5-3-12(14)4-6-24/h8-9,11-12,14,21-23H,3-7,10H2,1-2H3. The quantitative estimate of drug-likeness (QED) is 0.685. The molecule has 3 saturated heterocycles. The molecule has 1 aromatic carbocycles. The van der Waals surface area contributed by atoms with Gasteiger partial charge in [0.2, 0.25) is 0 Å². The number of fused-ring (bicyclic) bond motifs is 3. The van der Waals surface area contributed by atoms with Crippen LogP contribution in [0, 0.1) is 11.8 Å². The average molecular weight is 338 g/mol. The summed E-state index contributed by atoms with van der Waals surface area (Å²) in [6.07, 6.45) is 5.34. The maximum atomic E-state index is 13.5. The van der Waals surface area contributed by atoms with Gasteiger partial charge in [-0.3, -0.25) is 9.89 Å². The molecule has 3 aliphatic rings. The van der Waals surface area contributed by atoms with Crippen LogP contribution in [0.25, 0.3) is 21.8 Å². The maximum absolute atomic E-state index is 13.5. The first-order valence-corrected chi connectivity index (χ1v) is 9.57. The third-order valence-corrected chi connectivity index (χ3v) is 6.27. The van der Waals surface area contributed by atoms with Gasteiger partial charge in [-0.05, 0) is 50.3 Å². The first kappa shape index (κ1) is 15.3. The van der Waals surface area contributed by atoms with E-state index in [-0.39, 0.29) is 5.43 Å². The SMILES string of the molecule is CC(C)Cc1[nH]cc2[nH][nH]c3cc(C4CN5CCC4CC5)c(=O)c1c23. The Morgan fingerprint density at radius 2 is 1.92 bits per heavy atom. The highest BCUT2D eigenvalue weighted by Crippen LogP contribution is 2.39. The lowest BCUT2D eigenvalue weighted by Crippen LogP contribution is -2.47. The second kappa shape index (κ2) is 5.49. The zero-order chi connectivity index (χ0) is 17.1. The van der Waals surface area contributed by atoms with Gasteiger partial charge in [-0.1, -0.05) is 13.8 Å². The second-order valence-corrected chi connectivity index (χ2v) is 8.37. The summed E-state index contributed by atoms with van der Waals surface area (Å²) in [7, 11) is 0. The van der Waals surface area contributed by atoms with E-state index in [1.54, 1.807) is 0 Å². The van der Waals surface area contributed by atoms with Crippen molar-refractivity contribution < 1.29 is 0 Å². The van der Waals surface area contributed by atoms with Crippen molar-refractivity contribution in [3.05, 3.63) is 33.7 Å². The molecule has 0 saturated carbocycles. The Hall–Kier alpha value is -2.01. The van der Waals surface area contributed by atoms with Crippen molar-refractivity contribution in [3.63, 3.8) is 0 Å². The highest BCUT2D eigenvalue weighted by atomic mass is 16.1. The first-order valence-electron chi connectivity index (χ1n) is 9.57. The van der Waals surface area contributed by atoms with Crippen LogP contribution >= 0.6 is 0 Å². The van der Waals surface area contributed by atoms with Gasteiger partial charge in [0, 0.05) is 35.3 Å². The van der Waals surface area contributed by atoms with Gasteiger partial charge in [0.25, 0.3) is 0 Å². The molecular weight excluding hydrogens is 312 g/mol. The minimum atomic E-state index is 0.247. The van der Waals surface area contributed by atoms with E-state index in [1.165, 1.54) is 25.9 Å². The molecule has 5 nitrogen and oxygen atoms in total. The Balaban J connectivity index is 1.75. The number of nitrogens with one attached hydrogen (secondary N) is 3. The molecule has 1 atom stereocenters. The fourth-order valence-corrected chi connectivity index (χ4v) is 5.05. The maximum Gasteiger partial charge on any atom is 0.191 e. The summed E-state index contributed by atoms with van der Waals surface area (Å²) in [5.74, 6) is 1.56. The van der Waals surface area contributed by atoms with Gasteiger partial charge in [-0.15, -0.1) is 0 Å². The third kappa shape index (κ3) is 2.29. The fourth-order valence-electron chi connectivity index (χ4n) is 5.05. The first-order chi connectivity index (χ1) is 12.1. The predicted octanol–water partition coefficient (Wildman–Crippen LogP) is 3.35. The van der Waals surface area contributed by atoms with Gasteiger partial charge in [0.1, 0.15) is 0 Å². The molecule has 3 N–H and O–H groups in total. The minimum Gasteiger partial charge on any atom is -0.362 e. The number of nitrogens with zero attached hydrogens (tertiary/aromatic N) is 1. The van der Waals surface area contributed by atoms with Gasteiger partial charge in [0.05, 0.1) is 16.4 Å². The van der Waals surface area contributed by atoms with Crippen LogP contribution in [0.5, 0.6) is 0 Å². The van der Waals surface area contributed by atoms with Gasteiger partial charge in [-0.2, -0.15) is 0 Å². The summed E-state index contributed by atoms with van der Waals surface area (Å²) in [5, 5.41) is 8.45. The number of aromatic nitrogens is 3. The number of pyridine rings is 1. The van der Waals surface area contributed by atoms with Crippen LogP contribution in [0.15, 0.2) is 17.1 Å². The molecule has 0 spiro atoms. The summed E-state index contributed by atoms with van der Waals surface area (Å²) >= 11 is 0. The van der Waals surface area contributed by atoms with E-state index < -0.39 is 0 Å². The number of piperidine rings is 3. The van der Waals surface area contributed by atoms with E-state index in [2.05, 4.69) is 40.0 Å². The molecule has 2 bridgehead atoms. The highest BCUT2D eigenvalue weighted by molar-refractivity contribution is 6.08. The van der Waals surface area contributed by atoms with Crippen molar-refractivity contribution >= 4 is 21.8 Å². The molecule has 5 heterocycles. The molecule has 3 fully saturated rings. The Bertz CT molecular complexity index is 984. The van der Waals surface area contributed by atoms with Crippen LogP contribution in [-0.2, 0) is 6.42 Å². The topological polar surface area (TPSA) is 67.7 Å². The van der Waals surface area contributed by atoms with Crippen molar-refractivity contribution in [2.45, 2.75) is 39.0 Å². The molecule has 25 heavy (non-hydrogen) atoms. The van der Waals surface area contributed by atoms with Crippen LogP contribution in [0.3, 0.4) is 0 Å². The third-order valence-electron chi connectivity index (χ3n) is 6.27. The number of rotatable bonds is 3. The van der Waals surface area contributed by atoms with Crippen molar-refractivity contribution in [3.8, 4) is 0 Å². The Labute approximate surface area is 146 Å². The Kier molecular flexibility index (Phi) is 3.35. The molecule has 3 aromatic rings. The van der Waals surface area contributed by atoms with E-state index in [0.29, 0.717) is 17.8 Å². The average Bonchev–Trinajstić information content (AvgIpc) is 3.03. The molecule has 3 aliphatic heterocycles. The Morgan fingerprint density at radius 3 is 2.60 bits per heavy atom. The van der Waals surface area contributed by atoms with Crippen LogP contribution in [0.4, 0.5) is 0 Å². The summed E-state index contributed by atoms with van der Waals surface area (Å²) in [5.41, 5.74) is 4.39. The number of benzene rings is 1. The largest absolute Gasteiger partial charge is 0.362 e. The van der Waals surface area contributed by atoms with Crippen molar-refractivity contribution in [2.75, 3.05) is 19.6 Å². The molecule has 0 amide bonds. The van der Waals surface area contributed by atoms with E-state index in [0.717, 1.165) is 46.0 Å². The number of H-pyrrole nitrogens is 3. The number of aromatic amines is 3. The van der Waals surface area contributed by atoms with Crippen molar-refractivity contribution in [2.24, 2.45) is 11.8 Å². The molecule has 132 valence electrons. The smallest absolute Gasteiger partial charge is 0.191 e. The van der Waals surface area contributed by atoms with Crippen LogP contribution < -0.4 is 5.43 Å². The van der Waals surface area contributed by atoms with Gasteiger partial charge < -0.3 is 15.0 Å². The molecule has 0 radical (unpaired) electrons. The lowest BCUT2D eigenvalue weighted by molar-refractivity contribution is 0.0868. The number of hydrogen-bond donors (Lipinski definition) is 3. The lowest BCUT2D eigenvalue weighted by Gasteiger charge is -2.44. The normalized spacial score (nSPS) is 26.3. The number of hydrogen-bond acceptors (Lipinski definition) is 2. The van der Waals surface area contributed by atoms with Crippen LogP contribution in [0.1, 0.15) is 43.9 Å². The zero-order valence-corrected chi connectivity index (χ0v) is 15.0.